The second-order valence-corrected chi connectivity index (χ2v) is 4.66. The minimum Gasteiger partial charge on any atom is -0.411 e. The molecule has 1 fully saturated rings. The molecule has 0 unspecified atom stereocenters. The molecule has 6 heteroatoms. The van der Waals surface area contributed by atoms with Crippen LogP contribution < -0.4 is 5.32 Å². The van der Waals surface area contributed by atoms with Crippen molar-refractivity contribution in [3.8, 4) is 0 Å². The van der Waals surface area contributed by atoms with Crippen LogP contribution in [0, 0.1) is 6.92 Å². The zero-order valence-corrected chi connectivity index (χ0v) is 10.4. The van der Waals surface area contributed by atoms with Crippen LogP contribution in [0.1, 0.15) is 24.1 Å². The van der Waals surface area contributed by atoms with E-state index in [0.29, 0.717) is 6.04 Å². The first-order chi connectivity index (χ1) is 8.70. The van der Waals surface area contributed by atoms with Gasteiger partial charge in [0.25, 0.3) is 0 Å². The molecule has 0 radical (unpaired) electrons. The molecule has 0 bridgehead atoms. The minimum atomic E-state index is 0.515. The second-order valence-electron chi connectivity index (χ2n) is 4.66. The molecule has 1 aliphatic rings. The first kappa shape index (κ1) is 11.0. The Balaban J connectivity index is 2.24. The van der Waals surface area contributed by atoms with Crippen molar-refractivity contribution in [2.45, 2.75) is 25.8 Å². The lowest BCUT2D eigenvalue weighted by atomic mass is 10.1. The maximum Gasteiger partial charge on any atom is 0.159 e. The number of anilines is 1. The van der Waals surface area contributed by atoms with E-state index >= 15 is 0 Å². The quantitative estimate of drug-likeness (QED) is 0.490. The average molecular weight is 245 g/mol. The molecule has 94 valence electrons. The molecule has 3 rings (SSSR count). The van der Waals surface area contributed by atoms with Gasteiger partial charge in [-0.15, -0.1) is 0 Å². The lowest BCUT2D eigenvalue weighted by molar-refractivity contribution is 0.322. The number of aromatic nitrogens is 3. The summed E-state index contributed by atoms with van der Waals surface area (Å²) in [7, 11) is 1.88. The van der Waals surface area contributed by atoms with Crippen molar-refractivity contribution < 1.29 is 5.21 Å². The lowest BCUT2D eigenvalue weighted by Crippen LogP contribution is -2.06. The van der Waals surface area contributed by atoms with E-state index in [1.807, 2.05) is 14.0 Å². The third-order valence-corrected chi connectivity index (χ3v) is 3.18. The highest BCUT2D eigenvalue weighted by atomic mass is 16.4. The number of pyridine rings is 1. The van der Waals surface area contributed by atoms with Gasteiger partial charge in [-0.1, -0.05) is 5.16 Å². The Hall–Kier alpha value is -2.11. The van der Waals surface area contributed by atoms with Gasteiger partial charge in [0.15, 0.2) is 5.65 Å². The SMILES string of the molecule is Cc1nn(C)c2ncc(/C=N/O)c(NC3CC3)c12. The highest BCUT2D eigenvalue weighted by Gasteiger charge is 2.24. The van der Waals surface area contributed by atoms with E-state index < -0.39 is 0 Å². The van der Waals surface area contributed by atoms with Crippen molar-refractivity contribution in [3.05, 3.63) is 17.5 Å². The molecule has 0 atom stereocenters. The molecule has 1 saturated carbocycles. The van der Waals surface area contributed by atoms with E-state index in [2.05, 4.69) is 20.6 Å². The maximum absolute atomic E-state index is 8.73. The summed E-state index contributed by atoms with van der Waals surface area (Å²) in [5.41, 5.74) is 3.51. The first-order valence-electron chi connectivity index (χ1n) is 5.97. The summed E-state index contributed by atoms with van der Waals surface area (Å²) < 4.78 is 1.77. The molecular formula is C12H15N5O. The standard InChI is InChI=1S/C12H15N5O/c1-7-10-11(15-9-3-4-9)8(6-14-18)5-13-12(10)17(2)16-7/h5-6,9,18H,3-4H2,1-2H3,(H,13,15)/b14-6+. The highest BCUT2D eigenvalue weighted by molar-refractivity contribution is 6.01. The summed E-state index contributed by atoms with van der Waals surface area (Å²) in [5.74, 6) is 0. The highest BCUT2D eigenvalue weighted by Crippen LogP contribution is 2.32. The third-order valence-electron chi connectivity index (χ3n) is 3.18. The van der Waals surface area contributed by atoms with Gasteiger partial charge in [0, 0.05) is 24.8 Å². The van der Waals surface area contributed by atoms with Crippen molar-refractivity contribution in [1.29, 1.82) is 0 Å². The van der Waals surface area contributed by atoms with Gasteiger partial charge < -0.3 is 10.5 Å². The fraction of sp³-hybridized carbons (Fsp3) is 0.417. The lowest BCUT2D eigenvalue weighted by Gasteiger charge is -2.09. The van der Waals surface area contributed by atoms with Crippen molar-refractivity contribution in [2.24, 2.45) is 12.2 Å². The predicted octanol–water partition coefficient (Wildman–Crippen LogP) is 1.66. The molecule has 0 amide bonds. The van der Waals surface area contributed by atoms with Gasteiger partial charge in [0.05, 0.1) is 23.0 Å². The molecular weight excluding hydrogens is 230 g/mol. The monoisotopic (exact) mass is 245 g/mol. The van der Waals surface area contributed by atoms with Crippen LogP contribution in [0.3, 0.4) is 0 Å². The van der Waals surface area contributed by atoms with Gasteiger partial charge in [-0.05, 0) is 19.8 Å². The smallest absolute Gasteiger partial charge is 0.159 e. The minimum absolute atomic E-state index is 0.515. The molecule has 2 N–H and O–H groups in total. The molecule has 2 aromatic rings. The fourth-order valence-corrected chi connectivity index (χ4v) is 2.17. The van der Waals surface area contributed by atoms with Crippen molar-refractivity contribution in [2.75, 3.05) is 5.32 Å². The van der Waals surface area contributed by atoms with Gasteiger partial charge in [0.1, 0.15) is 0 Å². The van der Waals surface area contributed by atoms with Crippen LogP contribution in [0.5, 0.6) is 0 Å². The molecule has 0 aliphatic heterocycles. The Morgan fingerprint density at radius 3 is 3.00 bits per heavy atom. The van der Waals surface area contributed by atoms with Crippen LogP contribution >= 0.6 is 0 Å². The number of hydrogen-bond acceptors (Lipinski definition) is 5. The maximum atomic E-state index is 8.73. The van der Waals surface area contributed by atoms with Crippen LogP contribution in [-0.2, 0) is 7.05 Å². The van der Waals surface area contributed by atoms with Gasteiger partial charge in [-0.25, -0.2) is 4.98 Å². The Bertz CT molecular complexity index is 627. The number of oxime groups is 1. The summed E-state index contributed by atoms with van der Waals surface area (Å²) in [4.78, 5) is 4.37. The summed E-state index contributed by atoms with van der Waals surface area (Å²) in [6.45, 7) is 1.96. The van der Waals surface area contributed by atoms with Gasteiger partial charge in [-0.3, -0.25) is 4.68 Å². The Morgan fingerprint density at radius 1 is 1.56 bits per heavy atom. The van der Waals surface area contributed by atoms with Crippen LogP contribution in [0.4, 0.5) is 5.69 Å². The zero-order chi connectivity index (χ0) is 12.7. The van der Waals surface area contributed by atoms with E-state index in [0.717, 1.165) is 28.0 Å². The molecule has 0 spiro atoms. The van der Waals surface area contributed by atoms with E-state index in [1.54, 1.807) is 10.9 Å². The second kappa shape index (κ2) is 3.97. The van der Waals surface area contributed by atoms with Crippen LogP contribution in [0.2, 0.25) is 0 Å². The van der Waals surface area contributed by atoms with Gasteiger partial charge >= 0.3 is 0 Å². The predicted molar refractivity (Wildman–Crippen MR) is 69.3 cm³/mol. The van der Waals surface area contributed by atoms with Crippen LogP contribution in [-0.4, -0.2) is 32.2 Å². The molecule has 0 saturated heterocycles. The first-order valence-corrected chi connectivity index (χ1v) is 5.97. The Kier molecular flexibility index (Phi) is 2.43. The van der Waals surface area contributed by atoms with E-state index in [1.165, 1.54) is 19.1 Å². The fourth-order valence-electron chi connectivity index (χ4n) is 2.17. The number of fused-ring (bicyclic) bond motifs is 1. The van der Waals surface area contributed by atoms with Gasteiger partial charge in [0.2, 0.25) is 0 Å². The number of nitrogens with zero attached hydrogens (tertiary/aromatic N) is 4. The largest absolute Gasteiger partial charge is 0.411 e. The number of rotatable bonds is 3. The molecule has 2 aromatic heterocycles. The van der Waals surface area contributed by atoms with Gasteiger partial charge in [-0.2, -0.15) is 5.10 Å². The summed E-state index contributed by atoms with van der Waals surface area (Å²) in [6, 6.07) is 0.515. The van der Waals surface area contributed by atoms with E-state index in [4.69, 9.17) is 5.21 Å². The topological polar surface area (TPSA) is 75.3 Å². The normalized spacial score (nSPS) is 15.7. The molecule has 0 aromatic carbocycles. The van der Waals surface area contributed by atoms with Crippen LogP contribution in [0.15, 0.2) is 11.4 Å². The number of hydrogen-bond donors (Lipinski definition) is 2. The summed E-state index contributed by atoms with van der Waals surface area (Å²) in [5, 5.41) is 20.7. The Morgan fingerprint density at radius 2 is 2.33 bits per heavy atom. The zero-order valence-electron chi connectivity index (χ0n) is 10.4. The van der Waals surface area contributed by atoms with Crippen molar-refractivity contribution in [1.82, 2.24) is 14.8 Å². The molecule has 2 heterocycles. The molecule has 18 heavy (non-hydrogen) atoms. The van der Waals surface area contributed by atoms with Crippen molar-refractivity contribution in [3.63, 3.8) is 0 Å². The number of aryl methyl sites for hydroxylation is 2. The summed E-state index contributed by atoms with van der Waals surface area (Å²) >= 11 is 0. The molecule has 1 aliphatic carbocycles. The van der Waals surface area contributed by atoms with Crippen molar-refractivity contribution >= 4 is 22.9 Å². The third kappa shape index (κ3) is 1.70. The Labute approximate surface area is 104 Å². The average Bonchev–Trinajstić information content (AvgIpc) is 3.09. The number of nitrogens with one attached hydrogen (secondary N) is 1. The summed E-state index contributed by atoms with van der Waals surface area (Å²) in [6.07, 6.45) is 5.47. The van der Waals surface area contributed by atoms with Crippen LogP contribution in [0.25, 0.3) is 11.0 Å². The van der Waals surface area contributed by atoms with E-state index in [9.17, 15) is 0 Å². The van der Waals surface area contributed by atoms with E-state index in [-0.39, 0.29) is 0 Å². The molecule has 6 nitrogen and oxygen atoms in total.